The van der Waals surface area contributed by atoms with E-state index in [1.807, 2.05) is 61.5 Å². The molecule has 1 amide bonds. The highest BCUT2D eigenvalue weighted by Crippen LogP contribution is 2.27. The Hall–Kier alpha value is -4.84. The number of anilines is 1. The fraction of sp³-hybridized carbons (Fsp3) is 0.0870. The lowest BCUT2D eigenvalue weighted by Crippen LogP contribution is -2.19. The number of benzene rings is 2. The van der Waals surface area contributed by atoms with Gasteiger partial charge in [-0.2, -0.15) is 14.9 Å². The number of halogens is 1. The quantitative estimate of drug-likeness (QED) is 0.265. The highest BCUT2D eigenvalue weighted by Gasteiger charge is 2.25. The molecule has 3 heterocycles. The molecule has 180 valence electrons. The summed E-state index contributed by atoms with van der Waals surface area (Å²) in [5, 5.41) is 24.3. The third-order valence-corrected chi connectivity index (χ3v) is 5.68. The Morgan fingerprint density at radius 1 is 1.08 bits per heavy atom. The maximum atomic E-state index is 13.1. The van der Waals surface area contributed by atoms with E-state index in [4.69, 9.17) is 22.0 Å². The zero-order valence-corrected chi connectivity index (χ0v) is 19.9. The molecule has 0 fully saturated rings. The molecule has 13 heteroatoms. The van der Waals surface area contributed by atoms with Crippen LogP contribution < -0.4 is 11.2 Å². The molecule has 0 unspecified atom stereocenters. The number of aromatic nitrogens is 7. The number of hydrogen-bond donors (Lipinski definition) is 2. The lowest BCUT2D eigenvalue weighted by atomic mass is 10.1. The van der Waals surface area contributed by atoms with Crippen molar-refractivity contribution in [1.29, 1.82) is 0 Å². The second kappa shape index (κ2) is 9.43. The fourth-order valence-corrected chi connectivity index (χ4v) is 3.82. The number of aryl methyl sites for hydroxylation is 2. The molecule has 0 aliphatic carbocycles. The minimum atomic E-state index is -0.604. The van der Waals surface area contributed by atoms with Crippen LogP contribution in [-0.2, 0) is 0 Å². The predicted molar refractivity (Wildman–Crippen MR) is 132 cm³/mol. The number of nitrogens with one attached hydrogen (secondary N) is 1. The van der Waals surface area contributed by atoms with Crippen molar-refractivity contribution >= 4 is 29.5 Å². The molecule has 36 heavy (non-hydrogen) atoms. The summed E-state index contributed by atoms with van der Waals surface area (Å²) in [5.41, 5.74) is 12.4. The highest BCUT2D eigenvalue weighted by molar-refractivity contribution is 6.32. The number of amides is 1. The van der Waals surface area contributed by atoms with Gasteiger partial charge in [-0.25, -0.2) is 14.7 Å². The zero-order chi connectivity index (χ0) is 25.2. The first-order valence-electron chi connectivity index (χ1n) is 10.7. The van der Waals surface area contributed by atoms with Crippen LogP contribution in [0.15, 0.2) is 64.3 Å². The molecule has 0 atom stereocenters. The highest BCUT2D eigenvalue weighted by atomic mass is 35.5. The summed E-state index contributed by atoms with van der Waals surface area (Å²) in [6, 6.07) is 16.9. The van der Waals surface area contributed by atoms with Crippen LogP contribution in [0.4, 0.5) is 5.82 Å². The van der Waals surface area contributed by atoms with Gasteiger partial charge in [0.15, 0.2) is 5.69 Å². The monoisotopic (exact) mass is 502 g/mol. The summed E-state index contributed by atoms with van der Waals surface area (Å²) < 4.78 is 7.58. The second-order valence-electron chi connectivity index (χ2n) is 7.77. The molecule has 0 aliphatic rings. The lowest BCUT2D eigenvalue weighted by Gasteiger charge is -2.06. The second-order valence-corrected chi connectivity index (χ2v) is 8.13. The third-order valence-electron chi connectivity index (χ3n) is 5.32. The summed E-state index contributed by atoms with van der Waals surface area (Å²) in [5.74, 6) is -0.498. The number of para-hydroxylation sites is 1. The van der Waals surface area contributed by atoms with Crippen LogP contribution in [0.5, 0.6) is 0 Å². The van der Waals surface area contributed by atoms with E-state index in [-0.39, 0.29) is 17.3 Å². The topological polar surface area (TPSA) is 155 Å². The van der Waals surface area contributed by atoms with Crippen molar-refractivity contribution in [2.75, 3.05) is 5.73 Å². The van der Waals surface area contributed by atoms with Crippen LogP contribution in [0, 0.1) is 13.8 Å². The van der Waals surface area contributed by atoms with Crippen LogP contribution in [0.3, 0.4) is 0 Å². The number of carbonyl (C=O) groups is 1. The van der Waals surface area contributed by atoms with E-state index in [1.54, 1.807) is 11.6 Å². The summed E-state index contributed by atoms with van der Waals surface area (Å²) in [4.78, 5) is 13.1. The Morgan fingerprint density at radius 2 is 1.83 bits per heavy atom. The lowest BCUT2D eigenvalue weighted by molar-refractivity contribution is 0.0950. The van der Waals surface area contributed by atoms with Gasteiger partial charge in [0.25, 0.3) is 5.91 Å². The molecule has 5 aromatic rings. The van der Waals surface area contributed by atoms with Crippen LogP contribution in [0.1, 0.15) is 27.3 Å². The number of nitrogens with zero attached hydrogens (tertiary/aromatic N) is 8. The van der Waals surface area contributed by atoms with Crippen molar-refractivity contribution in [3.8, 4) is 22.8 Å². The summed E-state index contributed by atoms with van der Waals surface area (Å²) >= 11 is 6.53. The van der Waals surface area contributed by atoms with E-state index in [0.29, 0.717) is 27.7 Å². The number of hydrazone groups is 1. The molecule has 0 radical (unpaired) electrons. The van der Waals surface area contributed by atoms with Gasteiger partial charge in [-0.15, -0.1) is 5.10 Å². The normalized spacial score (nSPS) is 11.3. The van der Waals surface area contributed by atoms with Crippen molar-refractivity contribution in [3.05, 3.63) is 82.3 Å². The Kier molecular flexibility index (Phi) is 6.00. The minimum absolute atomic E-state index is 0.00111. The van der Waals surface area contributed by atoms with Gasteiger partial charge in [-0.05, 0) is 36.3 Å². The van der Waals surface area contributed by atoms with E-state index in [0.717, 1.165) is 11.3 Å². The van der Waals surface area contributed by atoms with Crippen molar-refractivity contribution < 1.29 is 9.42 Å². The molecule has 0 spiro atoms. The maximum Gasteiger partial charge on any atom is 0.294 e. The molecular weight excluding hydrogens is 484 g/mol. The smallest absolute Gasteiger partial charge is 0.294 e. The van der Waals surface area contributed by atoms with E-state index in [9.17, 15) is 4.79 Å². The first kappa shape index (κ1) is 22.9. The van der Waals surface area contributed by atoms with E-state index in [1.165, 1.54) is 10.9 Å². The Bertz CT molecular complexity index is 1570. The standard InChI is InChI=1S/C23H19ClN10O2/c1-13-8-10-15(11-9-13)19-18(27-32-34(19)22-21(25)30-36-31-22)23(35)28-26-12-17-14(2)29-33(20(17)24)16-6-4-3-5-7-16/h3-12H,1-2H3,(H2,25,30)(H,28,35)/b26-12+. The average molecular weight is 503 g/mol. The van der Waals surface area contributed by atoms with Gasteiger partial charge in [0.2, 0.25) is 11.6 Å². The number of carbonyl (C=O) groups excluding carboxylic acids is 1. The molecule has 3 N–H and O–H groups in total. The number of nitrogen functional groups attached to an aromatic ring is 1. The van der Waals surface area contributed by atoms with Gasteiger partial charge >= 0.3 is 0 Å². The van der Waals surface area contributed by atoms with Crippen LogP contribution >= 0.6 is 11.6 Å². The van der Waals surface area contributed by atoms with Gasteiger partial charge < -0.3 is 5.73 Å². The Balaban J connectivity index is 1.45. The zero-order valence-electron chi connectivity index (χ0n) is 19.1. The molecular formula is C23H19ClN10O2. The third kappa shape index (κ3) is 4.20. The Morgan fingerprint density at radius 3 is 2.53 bits per heavy atom. The molecule has 0 saturated heterocycles. The van der Waals surface area contributed by atoms with Gasteiger partial charge in [0.05, 0.1) is 23.2 Å². The SMILES string of the molecule is Cc1ccc(-c2c(C(=O)N/N=C/c3c(C)nn(-c4ccccc4)c3Cl)nnn2-c2nonc2N)cc1. The molecule has 5 rings (SSSR count). The first-order chi connectivity index (χ1) is 17.4. The van der Waals surface area contributed by atoms with Crippen molar-refractivity contribution in [3.63, 3.8) is 0 Å². The largest absolute Gasteiger partial charge is 0.378 e. The van der Waals surface area contributed by atoms with E-state index in [2.05, 4.69) is 36.3 Å². The molecule has 3 aromatic heterocycles. The van der Waals surface area contributed by atoms with Crippen LogP contribution in [0.25, 0.3) is 22.8 Å². The first-order valence-corrected chi connectivity index (χ1v) is 11.1. The minimum Gasteiger partial charge on any atom is -0.378 e. The van der Waals surface area contributed by atoms with Gasteiger partial charge in [-0.1, -0.05) is 64.8 Å². The van der Waals surface area contributed by atoms with Crippen molar-refractivity contribution in [2.45, 2.75) is 13.8 Å². The molecule has 0 aliphatic heterocycles. The van der Waals surface area contributed by atoms with Gasteiger partial charge in [0.1, 0.15) is 10.8 Å². The summed E-state index contributed by atoms with van der Waals surface area (Å²) in [7, 11) is 0. The number of hydrogen-bond acceptors (Lipinski definition) is 9. The summed E-state index contributed by atoms with van der Waals surface area (Å²) in [6.07, 6.45) is 1.43. The van der Waals surface area contributed by atoms with Crippen LogP contribution in [0.2, 0.25) is 5.15 Å². The van der Waals surface area contributed by atoms with E-state index >= 15 is 0 Å². The Labute approximate surface area is 209 Å². The number of nitrogens with two attached hydrogens (primary N) is 1. The van der Waals surface area contributed by atoms with Crippen molar-refractivity contribution in [2.24, 2.45) is 5.10 Å². The molecule has 2 aromatic carbocycles. The summed E-state index contributed by atoms with van der Waals surface area (Å²) in [6.45, 7) is 3.75. The molecule has 12 nitrogen and oxygen atoms in total. The number of rotatable bonds is 6. The van der Waals surface area contributed by atoms with Crippen LogP contribution in [-0.4, -0.2) is 47.2 Å². The average Bonchev–Trinajstić information content (AvgIpc) is 3.58. The molecule has 0 bridgehead atoms. The predicted octanol–water partition coefficient (Wildman–Crippen LogP) is 3.12. The molecule has 0 saturated carbocycles. The van der Waals surface area contributed by atoms with Gasteiger partial charge in [0, 0.05) is 5.56 Å². The van der Waals surface area contributed by atoms with Crippen molar-refractivity contribution in [1.82, 2.24) is 40.5 Å². The fourth-order valence-electron chi connectivity index (χ4n) is 3.50. The van der Waals surface area contributed by atoms with E-state index < -0.39 is 5.91 Å². The maximum absolute atomic E-state index is 13.1. The van der Waals surface area contributed by atoms with Gasteiger partial charge in [-0.3, -0.25) is 4.79 Å².